The van der Waals surface area contributed by atoms with Crippen LogP contribution >= 0.6 is 39.1 Å². The van der Waals surface area contributed by atoms with Gasteiger partial charge in [-0.2, -0.15) is 5.10 Å². The second kappa shape index (κ2) is 6.94. The fourth-order valence-electron chi connectivity index (χ4n) is 2.10. The summed E-state index contributed by atoms with van der Waals surface area (Å²) in [4.78, 5) is 0. The van der Waals surface area contributed by atoms with Gasteiger partial charge < -0.3 is 5.32 Å². The van der Waals surface area contributed by atoms with Crippen LogP contribution in [0.25, 0.3) is 0 Å². The fraction of sp³-hybridized carbons (Fsp3) is 0.357. The number of hydrogen-bond acceptors (Lipinski definition) is 2. The standard InChI is InChI=1S/C14H16BrCl2N3/c1-3-6-18-13(14-12(17)8-19-20(14)2)9-4-5-10(15)11(16)7-9/h4-5,7-8,13,18H,3,6H2,1-2H3. The highest BCUT2D eigenvalue weighted by atomic mass is 79.9. The summed E-state index contributed by atoms with van der Waals surface area (Å²) in [5.41, 5.74) is 2.01. The molecule has 1 N–H and O–H groups in total. The molecule has 0 amide bonds. The van der Waals surface area contributed by atoms with Crippen molar-refractivity contribution in [2.75, 3.05) is 6.54 Å². The fourth-order valence-corrected chi connectivity index (χ4v) is 2.81. The van der Waals surface area contributed by atoms with E-state index in [4.69, 9.17) is 23.2 Å². The molecule has 1 aromatic heterocycles. The molecular weight excluding hydrogens is 361 g/mol. The van der Waals surface area contributed by atoms with Crippen molar-refractivity contribution in [3.8, 4) is 0 Å². The van der Waals surface area contributed by atoms with Crippen LogP contribution in [0.2, 0.25) is 10.0 Å². The monoisotopic (exact) mass is 375 g/mol. The van der Waals surface area contributed by atoms with E-state index in [-0.39, 0.29) is 6.04 Å². The van der Waals surface area contributed by atoms with Gasteiger partial charge in [-0.15, -0.1) is 0 Å². The maximum Gasteiger partial charge on any atom is 0.0837 e. The van der Waals surface area contributed by atoms with Crippen LogP contribution in [0.3, 0.4) is 0 Å². The maximum absolute atomic E-state index is 6.27. The number of halogens is 3. The molecule has 2 rings (SSSR count). The Bertz CT molecular complexity index is 579. The largest absolute Gasteiger partial charge is 0.305 e. The first-order valence-corrected chi connectivity index (χ1v) is 7.95. The van der Waals surface area contributed by atoms with E-state index in [0.29, 0.717) is 10.0 Å². The lowest BCUT2D eigenvalue weighted by Crippen LogP contribution is -2.25. The van der Waals surface area contributed by atoms with E-state index in [2.05, 4.69) is 33.3 Å². The van der Waals surface area contributed by atoms with Crippen molar-refractivity contribution in [1.29, 1.82) is 0 Å². The Hall–Kier alpha value is -0.550. The smallest absolute Gasteiger partial charge is 0.0837 e. The molecule has 0 aliphatic rings. The van der Waals surface area contributed by atoms with Gasteiger partial charge in [0.1, 0.15) is 0 Å². The molecule has 0 radical (unpaired) electrons. The number of nitrogens with one attached hydrogen (secondary N) is 1. The molecule has 1 aromatic carbocycles. The van der Waals surface area contributed by atoms with Crippen LogP contribution in [-0.2, 0) is 7.05 Å². The van der Waals surface area contributed by atoms with Crippen LogP contribution in [0.5, 0.6) is 0 Å². The number of benzene rings is 1. The maximum atomic E-state index is 6.27. The summed E-state index contributed by atoms with van der Waals surface area (Å²) in [5, 5.41) is 9.05. The third kappa shape index (κ3) is 3.37. The summed E-state index contributed by atoms with van der Waals surface area (Å²) in [6.07, 6.45) is 2.70. The van der Waals surface area contributed by atoms with Gasteiger partial charge in [0, 0.05) is 11.5 Å². The molecule has 6 heteroatoms. The second-order valence-electron chi connectivity index (χ2n) is 4.56. The average molecular weight is 377 g/mol. The first kappa shape index (κ1) is 15.8. The first-order chi connectivity index (χ1) is 9.54. The van der Waals surface area contributed by atoms with Gasteiger partial charge in [0.05, 0.1) is 28.0 Å². The van der Waals surface area contributed by atoms with Crippen molar-refractivity contribution in [2.24, 2.45) is 7.05 Å². The quantitative estimate of drug-likeness (QED) is 0.827. The molecule has 1 atom stereocenters. The molecule has 0 saturated heterocycles. The van der Waals surface area contributed by atoms with Crippen LogP contribution < -0.4 is 5.32 Å². The molecule has 0 fully saturated rings. The van der Waals surface area contributed by atoms with Crippen molar-refractivity contribution in [3.05, 3.63) is 50.2 Å². The lowest BCUT2D eigenvalue weighted by molar-refractivity contribution is 0.554. The Morgan fingerprint density at radius 3 is 2.65 bits per heavy atom. The Kier molecular flexibility index (Phi) is 5.49. The van der Waals surface area contributed by atoms with Crippen LogP contribution in [0.15, 0.2) is 28.9 Å². The van der Waals surface area contributed by atoms with Gasteiger partial charge in [0.15, 0.2) is 0 Å². The van der Waals surface area contributed by atoms with Gasteiger partial charge >= 0.3 is 0 Å². The second-order valence-corrected chi connectivity index (χ2v) is 6.23. The molecule has 0 aliphatic heterocycles. The van der Waals surface area contributed by atoms with E-state index in [1.165, 1.54) is 0 Å². The number of hydrogen-bond donors (Lipinski definition) is 1. The van der Waals surface area contributed by atoms with E-state index in [0.717, 1.165) is 28.7 Å². The molecule has 3 nitrogen and oxygen atoms in total. The highest BCUT2D eigenvalue weighted by Gasteiger charge is 2.21. The predicted octanol–water partition coefficient (Wildman–Crippen LogP) is 4.58. The Morgan fingerprint density at radius 2 is 2.10 bits per heavy atom. The number of aryl methyl sites for hydroxylation is 1. The minimum atomic E-state index is -0.0273. The molecule has 108 valence electrons. The Labute approximate surface area is 137 Å². The molecule has 2 aromatic rings. The van der Waals surface area contributed by atoms with Gasteiger partial charge in [0.2, 0.25) is 0 Å². The van der Waals surface area contributed by atoms with Crippen molar-refractivity contribution in [3.63, 3.8) is 0 Å². The summed E-state index contributed by atoms with van der Waals surface area (Å²) < 4.78 is 2.68. The van der Waals surface area contributed by atoms with Crippen LogP contribution in [-0.4, -0.2) is 16.3 Å². The average Bonchev–Trinajstić information content (AvgIpc) is 2.75. The molecule has 0 aliphatic carbocycles. The summed E-state index contributed by atoms with van der Waals surface area (Å²) in [5.74, 6) is 0. The normalized spacial score (nSPS) is 12.7. The van der Waals surface area contributed by atoms with E-state index in [9.17, 15) is 0 Å². The highest BCUT2D eigenvalue weighted by Crippen LogP contribution is 2.31. The van der Waals surface area contributed by atoms with Crippen molar-refractivity contribution in [1.82, 2.24) is 15.1 Å². The minimum Gasteiger partial charge on any atom is -0.305 e. The van der Waals surface area contributed by atoms with Gasteiger partial charge in [-0.3, -0.25) is 4.68 Å². The molecule has 0 spiro atoms. The Morgan fingerprint density at radius 1 is 1.35 bits per heavy atom. The van der Waals surface area contributed by atoms with Crippen molar-refractivity contribution in [2.45, 2.75) is 19.4 Å². The van der Waals surface area contributed by atoms with Gasteiger partial charge in [-0.25, -0.2) is 0 Å². The first-order valence-electron chi connectivity index (χ1n) is 6.40. The van der Waals surface area contributed by atoms with Crippen LogP contribution in [0.4, 0.5) is 0 Å². The minimum absolute atomic E-state index is 0.0273. The zero-order valence-corrected chi connectivity index (χ0v) is 14.4. The van der Waals surface area contributed by atoms with E-state index in [1.54, 1.807) is 10.9 Å². The van der Waals surface area contributed by atoms with Crippen LogP contribution in [0.1, 0.15) is 30.6 Å². The number of aromatic nitrogens is 2. The third-order valence-corrected chi connectivity index (χ3v) is 4.61. The molecule has 1 heterocycles. The zero-order chi connectivity index (χ0) is 14.7. The molecule has 1 unspecified atom stereocenters. The summed E-state index contributed by atoms with van der Waals surface area (Å²) in [7, 11) is 1.89. The SMILES string of the molecule is CCCNC(c1ccc(Br)c(Cl)c1)c1c(Cl)cnn1C. The van der Waals surface area contributed by atoms with E-state index in [1.807, 2.05) is 25.2 Å². The van der Waals surface area contributed by atoms with E-state index >= 15 is 0 Å². The topological polar surface area (TPSA) is 29.9 Å². The van der Waals surface area contributed by atoms with Gasteiger partial charge in [-0.1, -0.05) is 36.2 Å². The lowest BCUT2D eigenvalue weighted by atomic mass is 10.0. The summed E-state index contributed by atoms with van der Waals surface area (Å²) in [6, 6.07) is 5.90. The Balaban J connectivity index is 2.44. The summed E-state index contributed by atoms with van der Waals surface area (Å²) in [6.45, 7) is 3.02. The molecule has 0 saturated carbocycles. The van der Waals surface area contributed by atoms with Gasteiger partial charge in [0.25, 0.3) is 0 Å². The highest BCUT2D eigenvalue weighted by molar-refractivity contribution is 9.10. The van der Waals surface area contributed by atoms with Crippen LogP contribution in [0, 0.1) is 0 Å². The summed E-state index contributed by atoms with van der Waals surface area (Å²) >= 11 is 15.9. The number of rotatable bonds is 5. The van der Waals surface area contributed by atoms with Gasteiger partial charge in [-0.05, 0) is 46.6 Å². The zero-order valence-electron chi connectivity index (χ0n) is 11.3. The van der Waals surface area contributed by atoms with Crippen molar-refractivity contribution >= 4 is 39.1 Å². The van der Waals surface area contributed by atoms with Crippen molar-refractivity contribution < 1.29 is 0 Å². The predicted molar refractivity (Wildman–Crippen MR) is 87.5 cm³/mol. The third-order valence-electron chi connectivity index (χ3n) is 3.09. The molecular formula is C14H16BrCl2N3. The lowest BCUT2D eigenvalue weighted by Gasteiger charge is -2.20. The molecule has 0 bridgehead atoms. The molecule has 20 heavy (non-hydrogen) atoms. The van der Waals surface area contributed by atoms with E-state index < -0.39 is 0 Å². The number of nitrogens with zero attached hydrogens (tertiary/aromatic N) is 2.